The van der Waals surface area contributed by atoms with E-state index in [0.29, 0.717) is 31.1 Å². The predicted octanol–water partition coefficient (Wildman–Crippen LogP) is 5.08. The maximum atomic E-state index is 12.8. The fraction of sp³-hybridized carbons (Fsp3) is 0.200. The number of hydrogen-bond acceptors (Lipinski definition) is 5. The fourth-order valence-corrected chi connectivity index (χ4v) is 4.47. The molecule has 0 bridgehead atoms. The molecule has 0 spiro atoms. The molecule has 0 aliphatic carbocycles. The Hall–Kier alpha value is -3.25. The van der Waals surface area contributed by atoms with Gasteiger partial charge in [0, 0.05) is 0 Å². The molecule has 0 N–H and O–H groups in total. The number of imide groups is 1. The van der Waals surface area contributed by atoms with E-state index in [2.05, 4.69) is 0 Å². The van der Waals surface area contributed by atoms with Crippen molar-refractivity contribution in [2.75, 3.05) is 7.11 Å². The van der Waals surface area contributed by atoms with Gasteiger partial charge < -0.3 is 9.47 Å². The van der Waals surface area contributed by atoms with Gasteiger partial charge in [-0.1, -0.05) is 78.5 Å². The molecule has 1 heterocycles. The third kappa shape index (κ3) is 5.09. The summed E-state index contributed by atoms with van der Waals surface area (Å²) in [6.07, 6.45) is 0.454. The minimum atomic E-state index is -0.433. The predicted molar refractivity (Wildman–Crippen MR) is 121 cm³/mol. The van der Waals surface area contributed by atoms with Crippen LogP contribution in [0.1, 0.15) is 16.7 Å². The molecule has 158 valence electrons. The topological polar surface area (TPSA) is 55.8 Å². The van der Waals surface area contributed by atoms with Gasteiger partial charge in [0.2, 0.25) is 5.91 Å². The third-order valence-electron chi connectivity index (χ3n) is 5.07. The van der Waals surface area contributed by atoms with Gasteiger partial charge in [0.05, 0.1) is 18.9 Å². The van der Waals surface area contributed by atoms with E-state index in [1.807, 2.05) is 78.9 Å². The number of benzene rings is 3. The minimum Gasteiger partial charge on any atom is -0.493 e. The average molecular weight is 434 g/mol. The monoisotopic (exact) mass is 433 g/mol. The van der Waals surface area contributed by atoms with Crippen LogP contribution in [-0.2, 0) is 24.4 Å². The molecule has 0 aromatic heterocycles. The smallest absolute Gasteiger partial charge is 0.289 e. The van der Waals surface area contributed by atoms with Gasteiger partial charge in [0.1, 0.15) is 6.61 Å². The molecule has 3 aromatic rings. The maximum Gasteiger partial charge on any atom is 0.289 e. The van der Waals surface area contributed by atoms with Gasteiger partial charge in [0.15, 0.2) is 11.5 Å². The van der Waals surface area contributed by atoms with Crippen molar-refractivity contribution >= 4 is 22.9 Å². The molecule has 0 radical (unpaired) electrons. The lowest BCUT2D eigenvalue weighted by Gasteiger charge is -2.15. The second kappa shape index (κ2) is 9.71. The molecule has 1 saturated heterocycles. The Morgan fingerprint density at radius 1 is 0.839 bits per heavy atom. The summed E-state index contributed by atoms with van der Waals surface area (Å²) in [6, 6.07) is 25.1. The second-order valence-electron chi connectivity index (χ2n) is 7.25. The summed E-state index contributed by atoms with van der Waals surface area (Å²) in [4.78, 5) is 26.6. The lowest BCUT2D eigenvalue weighted by atomic mass is 10.1. The zero-order valence-corrected chi connectivity index (χ0v) is 18.0. The highest BCUT2D eigenvalue weighted by molar-refractivity contribution is 8.15. The van der Waals surface area contributed by atoms with Crippen LogP contribution in [-0.4, -0.2) is 28.4 Å². The number of thioether (sulfide) groups is 1. The molecule has 1 atom stereocenters. The number of amides is 2. The summed E-state index contributed by atoms with van der Waals surface area (Å²) >= 11 is 1.09. The number of carbonyl (C=O) groups is 2. The molecule has 4 rings (SSSR count). The SMILES string of the molecule is COc1cc(C[C@H]2SC(=O)N(Cc3ccccc3)C2=O)ccc1OCc1ccccc1. The zero-order chi connectivity index (χ0) is 21.6. The molecule has 2 amide bonds. The first-order chi connectivity index (χ1) is 15.1. The molecule has 6 heteroatoms. The van der Waals surface area contributed by atoms with Crippen molar-refractivity contribution in [2.24, 2.45) is 0 Å². The molecule has 31 heavy (non-hydrogen) atoms. The van der Waals surface area contributed by atoms with Crippen molar-refractivity contribution in [3.8, 4) is 11.5 Å². The van der Waals surface area contributed by atoms with Crippen molar-refractivity contribution < 1.29 is 19.1 Å². The summed E-state index contributed by atoms with van der Waals surface area (Å²) in [7, 11) is 1.59. The highest BCUT2D eigenvalue weighted by Gasteiger charge is 2.39. The van der Waals surface area contributed by atoms with Gasteiger partial charge >= 0.3 is 0 Å². The first-order valence-electron chi connectivity index (χ1n) is 10.0. The van der Waals surface area contributed by atoms with Crippen molar-refractivity contribution in [2.45, 2.75) is 24.8 Å². The Kier molecular flexibility index (Phi) is 6.57. The van der Waals surface area contributed by atoms with Crippen molar-refractivity contribution in [1.29, 1.82) is 0 Å². The first kappa shape index (κ1) is 21.0. The number of carbonyl (C=O) groups excluding carboxylic acids is 2. The van der Waals surface area contributed by atoms with Gasteiger partial charge in [-0.25, -0.2) is 0 Å². The van der Waals surface area contributed by atoms with E-state index in [1.165, 1.54) is 4.90 Å². The van der Waals surface area contributed by atoms with Crippen LogP contribution in [0.25, 0.3) is 0 Å². The van der Waals surface area contributed by atoms with Gasteiger partial charge in [-0.2, -0.15) is 0 Å². The number of nitrogens with zero attached hydrogens (tertiary/aromatic N) is 1. The number of rotatable bonds is 8. The highest BCUT2D eigenvalue weighted by atomic mass is 32.2. The second-order valence-corrected chi connectivity index (χ2v) is 8.40. The van der Waals surface area contributed by atoms with Crippen LogP contribution in [0.15, 0.2) is 78.9 Å². The van der Waals surface area contributed by atoms with Gasteiger partial charge in [-0.05, 0) is 35.2 Å². The molecule has 1 aliphatic rings. The standard InChI is InChI=1S/C25H23NO4S/c1-29-22-14-20(12-13-21(22)30-17-19-10-6-3-7-11-19)15-23-24(27)26(25(28)31-23)16-18-8-4-2-5-9-18/h2-14,23H,15-17H2,1H3/t23-/m1/s1. The van der Waals surface area contributed by atoms with E-state index >= 15 is 0 Å². The molecule has 5 nitrogen and oxygen atoms in total. The van der Waals surface area contributed by atoms with Crippen molar-refractivity contribution in [3.05, 3.63) is 95.6 Å². The van der Waals surface area contributed by atoms with Crippen LogP contribution in [0.2, 0.25) is 0 Å². The highest BCUT2D eigenvalue weighted by Crippen LogP contribution is 2.34. The molecule has 0 unspecified atom stereocenters. The van der Waals surface area contributed by atoms with Crippen LogP contribution in [0.4, 0.5) is 4.79 Å². The summed E-state index contributed by atoms with van der Waals surface area (Å²) < 4.78 is 11.4. The molecular formula is C25H23NO4S. The van der Waals surface area contributed by atoms with E-state index < -0.39 is 5.25 Å². The Morgan fingerprint density at radius 3 is 2.19 bits per heavy atom. The Balaban J connectivity index is 1.41. The number of methoxy groups -OCH3 is 1. The van der Waals surface area contributed by atoms with Crippen LogP contribution in [0.5, 0.6) is 11.5 Å². The summed E-state index contributed by atoms with van der Waals surface area (Å²) in [5.74, 6) is 1.10. The summed E-state index contributed by atoms with van der Waals surface area (Å²) in [5.41, 5.74) is 2.93. The fourth-order valence-electron chi connectivity index (χ4n) is 3.44. The van der Waals surface area contributed by atoms with E-state index in [1.54, 1.807) is 7.11 Å². The van der Waals surface area contributed by atoms with E-state index in [0.717, 1.165) is 28.5 Å². The number of ether oxygens (including phenoxy) is 2. The Morgan fingerprint density at radius 2 is 1.52 bits per heavy atom. The zero-order valence-electron chi connectivity index (χ0n) is 17.2. The van der Waals surface area contributed by atoms with E-state index in [9.17, 15) is 9.59 Å². The van der Waals surface area contributed by atoms with Gasteiger partial charge in [-0.15, -0.1) is 0 Å². The van der Waals surface area contributed by atoms with Gasteiger partial charge in [0.25, 0.3) is 5.24 Å². The van der Waals surface area contributed by atoms with Crippen molar-refractivity contribution in [3.63, 3.8) is 0 Å². The lowest BCUT2D eigenvalue weighted by Crippen LogP contribution is -2.31. The maximum absolute atomic E-state index is 12.8. The minimum absolute atomic E-state index is 0.151. The normalized spacial score (nSPS) is 15.9. The Labute approximate surface area is 186 Å². The van der Waals surface area contributed by atoms with Gasteiger partial charge in [-0.3, -0.25) is 14.5 Å². The Bertz CT molecular complexity index is 1060. The quantitative estimate of drug-likeness (QED) is 0.496. The molecule has 1 fully saturated rings. The van der Waals surface area contributed by atoms with E-state index in [-0.39, 0.29) is 11.1 Å². The average Bonchev–Trinajstić information content (AvgIpc) is 3.06. The molecule has 3 aromatic carbocycles. The number of hydrogen-bond donors (Lipinski definition) is 0. The van der Waals surface area contributed by atoms with Crippen LogP contribution >= 0.6 is 11.8 Å². The summed E-state index contributed by atoms with van der Waals surface area (Å²) in [6.45, 7) is 0.744. The molecule has 0 saturated carbocycles. The largest absolute Gasteiger partial charge is 0.493 e. The van der Waals surface area contributed by atoms with Crippen LogP contribution in [0, 0.1) is 0 Å². The third-order valence-corrected chi connectivity index (χ3v) is 6.15. The van der Waals surface area contributed by atoms with E-state index in [4.69, 9.17) is 9.47 Å². The molecular weight excluding hydrogens is 410 g/mol. The lowest BCUT2D eigenvalue weighted by molar-refractivity contribution is -0.127. The summed E-state index contributed by atoms with van der Waals surface area (Å²) in [5, 5.41) is -0.634. The van der Waals surface area contributed by atoms with Crippen LogP contribution in [0.3, 0.4) is 0 Å². The molecule has 1 aliphatic heterocycles. The van der Waals surface area contributed by atoms with Crippen LogP contribution < -0.4 is 9.47 Å². The van der Waals surface area contributed by atoms with Crippen molar-refractivity contribution in [1.82, 2.24) is 4.90 Å². The first-order valence-corrected chi connectivity index (χ1v) is 10.9.